The van der Waals surface area contributed by atoms with Crippen LogP contribution in [0.2, 0.25) is 5.02 Å². The summed E-state index contributed by atoms with van der Waals surface area (Å²) in [7, 11) is -4.11. The van der Waals surface area contributed by atoms with Gasteiger partial charge in [-0.3, -0.25) is 13.9 Å². The van der Waals surface area contributed by atoms with Crippen LogP contribution in [0.15, 0.2) is 77.7 Å². The van der Waals surface area contributed by atoms with E-state index in [1.54, 1.807) is 55.5 Å². The van der Waals surface area contributed by atoms with E-state index in [1.807, 2.05) is 46.8 Å². The summed E-state index contributed by atoms with van der Waals surface area (Å²) in [5.74, 6) is -0.867. The number of anilines is 1. The first-order valence-corrected chi connectivity index (χ1v) is 14.5. The topological polar surface area (TPSA) is 86.8 Å². The van der Waals surface area contributed by atoms with Gasteiger partial charge in [0.1, 0.15) is 12.6 Å². The number of amides is 2. The molecule has 0 aromatic heterocycles. The van der Waals surface area contributed by atoms with Crippen molar-refractivity contribution in [3.05, 3.63) is 94.5 Å². The summed E-state index contributed by atoms with van der Waals surface area (Å²) in [6.07, 6.45) is 0. The fourth-order valence-electron chi connectivity index (χ4n) is 4.13. The summed E-state index contributed by atoms with van der Waals surface area (Å²) in [5, 5.41) is 3.41. The van der Waals surface area contributed by atoms with E-state index in [2.05, 4.69) is 5.32 Å². The van der Waals surface area contributed by atoms with Gasteiger partial charge in [-0.15, -0.1) is 0 Å². The summed E-state index contributed by atoms with van der Waals surface area (Å²) < 4.78 is 28.9. The minimum atomic E-state index is -4.11. The minimum Gasteiger partial charge on any atom is -0.350 e. The van der Waals surface area contributed by atoms with Crippen molar-refractivity contribution in [2.45, 2.75) is 64.6 Å². The molecule has 0 unspecified atom stereocenters. The van der Waals surface area contributed by atoms with Crippen LogP contribution < -0.4 is 9.62 Å². The highest BCUT2D eigenvalue weighted by Crippen LogP contribution is 2.29. The fourth-order valence-corrected chi connectivity index (χ4v) is 5.83. The van der Waals surface area contributed by atoms with Crippen LogP contribution in [0.5, 0.6) is 0 Å². The van der Waals surface area contributed by atoms with Crippen molar-refractivity contribution >= 4 is 39.1 Å². The summed E-state index contributed by atoms with van der Waals surface area (Å²) in [6, 6.07) is 19.5. The molecule has 0 aliphatic carbocycles. The Morgan fingerprint density at radius 2 is 1.59 bits per heavy atom. The van der Waals surface area contributed by atoms with Crippen molar-refractivity contribution in [2.24, 2.45) is 0 Å². The molecule has 7 nitrogen and oxygen atoms in total. The molecular weight excluding hydrogens is 534 g/mol. The highest BCUT2D eigenvalue weighted by molar-refractivity contribution is 7.92. The number of halogens is 1. The zero-order chi connectivity index (χ0) is 29.0. The minimum absolute atomic E-state index is 0.0682. The van der Waals surface area contributed by atoms with Crippen molar-refractivity contribution < 1.29 is 18.0 Å². The van der Waals surface area contributed by atoms with Gasteiger partial charge in [-0.2, -0.15) is 0 Å². The van der Waals surface area contributed by atoms with Crippen LogP contribution in [0.3, 0.4) is 0 Å². The second-order valence-electron chi connectivity index (χ2n) is 10.6. The van der Waals surface area contributed by atoms with E-state index in [4.69, 9.17) is 11.6 Å². The van der Waals surface area contributed by atoms with Gasteiger partial charge in [0, 0.05) is 17.1 Å². The van der Waals surface area contributed by atoms with Crippen molar-refractivity contribution in [3.8, 4) is 0 Å². The first kappa shape index (κ1) is 30.2. The average molecular weight is 570 g/mol. The molecule has 3 rings (SSSR count). The molecule has 208 valence electrons. The molecule has 9 heteroatoms. The van der Waals surface area contributed by atoms with Gasteiger partial charge in [-0.05, 0) is 88.6 Å². The lowest BCUT2D eigenvalue weighted by molar-refractivity contribution is -0.140. The molecule has 39 heavy (non-hydrogen) atoms. The molecule has 2 amide bonds. The Morgan fingerprint density at radius 3 is 2.21 bits per heavy atom. The summed E-state index contributed by atoms with van der Waals surface area (Å²) in [5.41, 5.74) is 2.24. The predicted molar refractivity (Wildman–Crippen MR) is 156 cm³/mol. The maximum atomic E-state index is 14.0. The van der Waals surface area contributed by atoms with Crippen LogP contribution in [-0.2, 0) is 26.2 Å². The van der Waals surface area contributed by atoms with Gasteiger partial charge < -0.3 is 10.2 Å². The quantitative estimate of drug-likeness (QED) is 0.369. The number of benzene rings is 3. The molecule has 0 bridgehead atoms. The number of rotatable bonds is 9. The van der Waals surface area contributed by atoms with Crippen LogP contribution in [-0.4, -0.2) is 43.3 Å². The summed E-state index contributed by atoms with van der Waals surface area (Å²) in [4.78, 5) is 28.6. The number of carbonyl (C=O) groups excluding carboxylic acids is 2. The lowest BCUT2D eigenvalue weighted by atomic mass is 10.1. The van der Waals surface area contributed by atoms with Crippen LogP contribution in [0.25, 0.3) is 0 Å². The fraction of sp³-hybridized carbons (Fsp3) is 0.333. The number of nitrogens with zero attached hydrogens (tertiary/aromatic N) is 2. The Labute approximate surface area is 236 Å². The lowest BCUT2D eigenvalue weighted by Gasteiger charge is -2.34. The molecular formula is C30H36ClN3O4S. The third-order valence-electron chi connectivity index (χ3n) is 6.36. The first-order chi connectivity index (χ1) is 18.2. The normalized spacial score (nSPS) is 12.5. The van der Waals surface area contributed by atoms with Crippen LogP contribution in [0.1, 0.15) is 44.4 Å². The average Bonchev–Trinajstić information content (AvgIpc) is 2.86. The number of sulfonamides is 1. The molecule has 0 saturated heterocycles. The van der Waals surface area contributed by atoms with Crippen LogP contribution in [0, 0.1) is 13.8 Å². The molecule has 3 aromatic carbocycles. The van der Waals surface area contributed by atoms with Crippen molar-refractivity contribution in [3.63, 3.8) is 0 Å². The van der Waals surface area contributed by atoms with Gasteiger partial charge in [-0.25, -0.2) is 8.42 Å². The molecule has 1 N–H and O–H groups in total. The molecule has 0 aliphatic rings. The highest BCUT2D eigenvalue weighted by atomic mass is 35.5. The van der Waals surface area contributed by atoms with Gasteiger partial charge in [0.2, 0.25) is 11.8 Å². The molecule has 1 atom stereocenters. The number of hydrogen-bond acceptors (Lipinski definition) is 4. The molecule has 0 radical (unpaired) electrons. The van der Waals surface area contributed by atoms with Gasteiger partial charge >= 0.3 is 0 Å². The third kappa shape index (κ3) is 7.61. The Hall–Kier alpha value is -3.36. The monoisotopic (exact) mass is 569 g/mol. The number of aryl methyl sites for hydroxylation is 1. The second-order valence-corrected chi connectivity index (χ2v) is 12.9. The van der Waals surface area contributed by atoms with Crippen LogP contribution in [0.4, 0.5) is 5.69 Å². The number of hydrogen-bond donors (Lipinski definition) is 1. The summed E-state index contributed by atoms with van der Waals surface area (Å²) >= 11 is 6.19. The first-order valence-electron chi connectivity index (χ1n) is 12.7. The predicted octanol–water partition coefficient (Wildman–Crippen LogP) is 5.48. The van der Waals surface area contributed by atoms with Gasteiger partial charge in [-0.1, -0.05) is 54.1 Å². The van der Waals surface area contributed by atoms with E-state index in [0.717, 1.165) is 21.0 Å². The van der Waals surface area contributed by atoms with E-state index in [0.29, 0.717) is 10.7 Å². The van der Waals surface area contributed by atoms with Crippen LogP contribution >= 0.6 is 11.6 Å². The zero-order valence-corrected chi connectivity index (χ0v) is 24.8. The van der Waals surface area contributed by atoms with E-state index in [1.165, 1.54) is 17.0 Å². The summed E-state index contributed by atoms with van der Waals surface area (Å²) in [6.45, 7) is 10.5. The second kappa shape index (κ2) is 12.2. The van der Waals surface area contributed by atoms with E-state index in [-0.39, 0.29) is 17.3 Å². The maximum absolute atomic E-state index is 14.0. The lowest BCUT2D eigenvalue weighted by Crippen LogP contribution is -2.54. The molecule has 0 fully saturated rings. The van der Waals surface area contributed by atoms with Gasteiger partial charge in [0.25, 0.3) is 10.0 Å². The molecule has 0 spiro atoms. The van der Waals surface area contributed by atoms with E-state index in [9.17, 15) is 18.0 Å². The molecule has 0 heterocycles. The van der Waals surface area contributed by atoms with E-state index < -0.39 is 34.1 Å². The molecule has 0 saturated carbocycles. The number of nitrogens with one attached hydrogen (secondary N) is 1. The van der Waals surface area contributed by atoms with Crippen molar-refractivity contribution in [1.29, 1.82) is 0 Å². The molecule has 3 aromatic rings. The Morgan fingerprint density at radius 1 is 0.949 bits per heavy atom. The number of carbonyl (C=O) groups is 2. The van der Waals surface area contributed by atoms with E-state index >= 15 is 0 Å². The largest absolute Gasteiger partial charge is 0.350 e. The standard InChI is InChI=1S/C30H36ClN3O4S/c1-21-12-10-17-27(22(21)2)34(39(37,38)26-15-8-7-9-16-26)20-28(35)33(19-24-13-11-14-25(31)18-24)23(3)29(36)32-30(4,5)6/h7-18,23H,19-20H2,1-6H3,(H,32,36)/t23-/m0/s1. The van der Waals surface area contributed by atoms with Crippen molar-refractivity contribution in [1.82, 2.24) is 10.2 Å². The Kier molecular flexibility index (Phi) is 9.46. The molecule has 0 aliphatic heterocycles. The Balaban J connectivity index is 2.07. The van der Waals surface area contributed by atoms with Crippen molar-refractivity contribution in [2.75, 3.05) is 10.8 Å². The highest BCUT2D eigenvalue weighted by Gasteiger charge is 2.34. The Bertz CT molecular complexity index is 1440. The van der Waals surface area contributed by atoms with Gasteiger partial charge in [0.05, 0.1) is 10.6 Å². The SMILES string of the molecule is Cc1cccc(N(CC(=O)N(Cc2cccc(Cl)c2)[C@@H](C)C(=O)NC(C)(C)C)S(=O)(=O)c2ccccc2)c1C. The smallest absolute Gasteiger partial charge is 0.264 e. The zero-order valence-electron chi connectivity index (χ0n) is 23.2. The maximum Gasteiger partial charge on any atom is 0.264 e. The van der Waals surface area contributed by atoms with Gasteiger partial charge in [0.15, 0.2) is 0 Å². The third-order valence-corrected chi connectivity index (χ3v) is 8.37.